The number of hydrogen-bond acceptors (Lipinski definition) is 4. The van der Waals surface area contributed by atoms with E-state index in [0.717, 1.165) is 29.8 Å². The summed E-state index contributed by atoms with van der Waals surface area (Å²) in [5.41, 5.74) is 2.74. The molecule has 3 rings (SSSR count). The number of nitrogens with zero attached hydrogens (tertiary/aromatic N) is 2. The molecule has 0 aliphatic carbocycles. The number of halogens is 1. The van der Waals surface area contributed by atoms with E-state index in [0.29, 0.717) is 24.6 Å². The van der Waals surface area contributed by atoms with Crippen LogP contribution in [0.15, 0.2) is 67.0 Å². The molecule has 1 aromatic heterocycles. The van der Waals surface area contributed by atoms with Gasteiger partial charge >= 0.3 is 0 Å². The van der Waals surface area contributed by atoms with Gasteiger partial charge in [-0.1, -0.05) is 54.1 Å². The van der Waals surface area contributed by atoms with E-state index < -0.39 is 0 Å². The lowest BCUT2D eigenvalue weighted by Crippen LogP contribution is -2.26. The van der Waals surface area contributed by atoms with Crippen LogP contribution in [0.3, 0.4) is 0 Å². The van der Waals surface area contributed by atoms with E-state index in [1.165, 1.54) is 11.8 Å². The molecule has 0 bridgehead atoms. The van der Waals surface area contributed by atoms with Crippen molar-refractivity contribution in [3.8, 4) is 0 Å². The summed E-state index contributed by atoms with van der Waals surface area (Å²) < 4.78 is 0. The molecule has 3 aromatic rings. The van der Waals surface area contributed by atoms with Gasteiger partial charge in [0, 0.05) is 18.1 Å². The number of amides is 1. The summed E-state index contributed by atoms with van der Waals surface area (Å²) in [7, 11) is 0. The molecule has 2 aromatic carbocycles. The lowest BCUT2D eigenvalue weighted by Gasteiger charge is -2.07. The zero-order valence-corrected chi connectivity index (χ0v) is 16.3. The van der Waals surface area contributed by atoms with Gasteiger partial charge in [-0.3, -0.25) is 4.79 Å². The number of hydrogen-bond donors (Lipinski definition) is 2. The standard InChI is InChI=1S/C22H23ClN4O/c23-19-10-4-8-18(14-19)11-13-24-21-16-26-20(15-27-21)22(28)25-12-5-9-17-6-2-1-3-7-17/h1-4,6-8,10,14-16H,5,9,11-13H2,(H,24,27)(H,25,28). The maximum absolute atomic E-state index is 12.2. The molecule has 28 heavy (non-hydrogen) atoms. The third kappa shape index (κ3) is 6.35. The minimum atomic E-state index is -0.203. The molecule has 2 N–H and O–H groups in total. The van der Waals surface area contributed by atoms with Crippen LogP contribution in [0.2, 0.25) is 5.02 Å². The molecule has 1 amide bonds. The smallest absolute Gasteiger partial charge is 0.271 e. The quantitative estimate of drug-likeness (QED) is 0.535. The Bertz CT molecular complexity index is 885. The summed E-state index contributed by atoms with van der Waals surface area (Å²) in [4.78, 5) is 20.6. The molecule has 0 saturated heterocycles. The monoisotopic (exact) mass is 394 g/mol. The van der Waals surface area contributed by atoms with Crippen LogP contribution in [0.4, 0.5) is 5.82 Å². The molecule has 0 unspecified atom stereocenters. The molecule has 0 spiro atoms. The summed E-state index contributed by atoms with van der Waals surface area (Å²) in [5, 5.41) is 6.82. The number of anilines is 1. The van der Waals surface area contributed by atoms with E-state index >= 15 is 0 Å². The van der Waals surface area contributed by atoms with E-state index in [1.54, 1.807) is 6.20 Å². The van der Waals surface area contributed by atoms with E-state index in [1.807, 2.05) is 42.5 Å². The van der Waals surface area contributed by atoms with Crippen LogP contribution >= 0.6 is 11.6 Å². The fourth-order valence-electron chi connectivity index (χ4n) is 2.79. The maximum atomic E-state index is 12.2. The van der Waals surface area contributed by atoms with Crippen molar-refractivity contribution in [1.82, 2.24) is 15.3 Å². The molecular formula is C22H23ClN4O. The van der Waals surface area contributed by atoms with Gasteiger partial charge in [-0.15, -0.1) is 0 Å². The SMILES string of the molecule is O=C(NCCCc1ccccc1)c1cnc(NCCc2cccc(Cl)c2)cn1. The lowest BCUT2D eigenvalue weighted by atomic mass is 10.1. The van der Waals surface area contributed by atoms with Gasteiger partial charge in [0.25, 0.3) is 5.91 Å². The van der Waals surface area contributed by atoms with Crippen LogP contribution in [0.1, 0.15) is 28.0 Å². The van der Waals surface area contributed by atoms with Gasteiger partial charge in [-0.2, -0.15) is 0 Å². The third-order valence-corrected chi connectivity index (χ3v) is 4.50. The van der Waals surface area contributed by atoms with Crippen LogP contribution < -0.4 is 10.6 Å². The molecule has 1 heterocycles. The number of carbonyl (C=O) groups is 1. The van der Waals surface area contributed by atoms with Crippen molar-refractivity contribution < 1.29 is 4.79 Å². The van der Waals surface area contributed by atoms with E-state index in [4.69, 9.17) is 11.6 Å². The molecule has 5 nitrogen and oxygen atoms in total. The molecule has 0 fully saturated rings. The Balaban J connectivity index is 1.38. The first-order chi connectivity index (χ1) is 13.7. The Morgan fingerprint density at radius 1 is 0.893 bits per heavy atom. The van der Waals surface area contributed by atoms with E-state index in [9.17, 15) is 4.79 Å². The maximum Gasteiger partial charge on any atom is 0.271 e. The summed E-state index contributed by atoms with van der Waals surface area (Å²) in [6, 6.07) is 18.0. The third-order valence-electron chi connectivity index (χ3n) is 4.26. The van der Waals surface area contributed by atoms with Crippen LogP contribution in [0.25, 0.3) is 0 Å². The van der Waals surface area contributed by atoms with Crippen molar-refractivity contribution in [1.29, 1.82) is 0 Å². The highest BCUT2D eigenvalue weighted by atomic mass is 35.5. The van der Waals surface area contributed by atoms with Crippen LogP contribution in [0.5, 0.6) is 0 Å². The van der Waals surface area contributed by atoms with Gasteiger partial charge in [0.15, 0.2) is 0 Å². The van der Waals surface area contributed by atoms with Crippen molar-refractivity contribution in [2.24, 2.45) is 0 Å². The molecule has 0 aliphatic heterocycles. The lowest BCUT2D eigenvalue weighted by molar-refractivity contribution is 0.0948. The number of nitrogens with one attached hydrogen (secondary N) is 2. The predicted molar refractivity (Wildman–Crippen MR) is 113 cm³/mol. The fourth-order valence-corrected chi connectivity index (χ4v) is 3.01. The van der Waals surface area contributed by atoms with Crippen LogP contribution in [0, 0.1) is 0 Å². The number of carbonyl (C=O) groups excluding carboxylic acids is 1. The summed E-state index contributed by atoms with van der Waals surface area (Å²) in [5.74, 6) is 0.439. The Morgan fingerprint density at radius 3 is 2.46 bits per heavy atom. The topological polar surface area (TPSA) is 66.9 Å². The minimum Gasteiger partial charge on any atom is -0.368 e. The van der Waals surface area contributed by atoms with E-state index in [-0.39, 0.29) is 5.91 Å². The summed E-state index contributed by atoms with van der Waals surface area (Å²) in [6.07, 6.45) is 5.71. The van der Waals surface area contributed by atoms with Gasteiger partial charge in [-0.25, -0.2) is 9.97 Å². The van der Waals surface area contributed by atoms with Gasteiger partial charge in [0.2, 0.25) is 0 Å². The zero-order chi connectivity index (χ0) is 19.6. The van der Waals surface area contributed by atoms with Gasteiger partial charge < -0.3 is 10.6 Å². The summed E-state index contributed by atoms with van der Waals surface area (Å²) >= 11 is 5.98. The van der Waals surface area contributed by atoms with Crippen molar-refractivity contribution in [3.63, 3.8) is 0 Å². The first kappa shape index (κ1) is 19.8. The molecule has 0 saturated carbocycles. The average Bonchev–Trinajstić information content (AvgIpc) is 2.72. The summed E-state index contributed by atoms with van der Waals surface area (Å²) in [6.45, 7) is 1.31. The second-order valence-corrected chi connectivity index (χ2v) is 6.88. The molecular weight excluding hydrogens is 372 g/mol. The second-order valence-electron chi connectivity index (χ2n) is 6.44. The Hall–Kier alpha value is -2.92. The molecule has 0 radical (unpaired) electrons. The molecule has 6 heteroatoms. The zero-order valence-electron chi connectivity index (χ0n) is 15.6. The first-order valence-corrected chi connectivity index (χ1v) is 9.71. The van der Waals surface area contributed by atoms with Crippen molar-refractivity contribution in [2.75, 3.05) is 18.4 Å². The van der Waals surface area contributed by atoms with Crippen LogP contribution in [-0.4, -0.2) is 29.0 Å². The normalized spacial score (nSPS) is 10.5. The Labute approximate surface area is 170 Å². The van der Waals surface area contributed by atoms with Crippen LogP contribution in [-0.2, 0) is 12.8 Å². The second kappa shape index (κ2) is 10.4. The Morgan fingerprint density at radius 2 is 1.71 bits per heavy atom. The van der Waals surface area contributed by atoms with Crippen molar-refractivity contribution >= 4 is 23.3 Å². The largest absolute Gasteiger partial charge is 0.368 e. The van der Waals surface area contributed by atoms with E-state index in [2.05, 4.69) is 32.7 Å². The number of aryl methyl sites for hydroxylation is 1. The molecule has 0 atom stereocenters. The number of aromatic nitrogens is 2. The fraction of sp³-hybridized carbons (Fsp3) is 0.227. The van der Waals surface area contributed by atoms with Gasteiger partial charge in [0.1, 0.15) is 11.5 Å². The van der Waals surface area contributed by atoms with Crippen molar-refractivity contribution in [2.45, 2.75) is 19.3 Å². The minimum absolute atomic E-state index is 0.203. The predicted octanol–water partition coefficient (Wildman–Crippen LogP) is 4.15. The molecule has 0 aliphatic rings. The average molecular weight is 395 g/mol. The number of rotatable bonds is 9. The van der Waals surface area contributed by atoms with Gasteiger partial charge in [-0.05, 0) is 42.5 Å². The van der Waals surface area contributed by atoms with Crippen molar-refractivity contribution in [3.05, 3.63) is 88.8 Å². The Kier molecular flexibility index (Phi) is 7.38. The first-order valence-electron chi connectivity index (χ1n) is 9.33. The highest BCUT2D eigenvalue weighted by Crippen LogP contribution is 2.11. The highest BCUT2D eigenvalue weighted by molar-refractivity contribution is 6.30. The van der Waals surface area contributed by atoms with Gasteiger partial charge in [0.05, 0.1) is 12.4 Å². The number of benzene rings is 2. The molecule has 144 valence electrons. The highest BCUT2D eigenvalue weighted by Gasteiger charge is 2.07.